The molecule has 6 aromatic rings. The highest BCUT2D eigenvalue weighted by molar-refractivity contribution is 9.10. The largest absolute Gasteiger partial charge is 0.368 e. The highest BCUT2D eigenvalue weighted by Gasteiger charge is 2.44. The van der Waals surface area contributed by atoms with Crippen molar-refractivity contribution in [3.63, 3.8) is 0 Å². The van der Waals surface area contributed by atoms with Crippen LogP contribution in [-0.2, 0) is 13.1 Å². The summed E-state index contributed by atoms with van der Waals surface area (Å²) in [5.41, 5.74) is 10.4. The minimum Gasteiger partial charge on any atom is -0.368 e. The molecule has 0 atom stereocenters. The van der Waals surface area contributed by atoms with Gasteiger partial charge in [0.1, 0.15) is 34.5 Å². The maximum atomic E-state index is 14.8. The Morgan fingerprint density at radius 2 is 1.29 bits per heavy atom. The third-order valence-corrected chi connectivity index (χ3v) is 14.5. The molecule has 2 aromatic heterocycles. The van der Waals surface area contributed by atoms with Crippen LogP contribution >= 0.6 is 34.8 Å². The highest BCUT2D eigenvalue weighted by atomic mass is 79.9. The van der Waals surface area contributed by atoms with E-state index < -0.39 is 13.1 Å². The summed E-state index contributed by atoms with van der Waals surface area (Å²) < 4.78 is 18.4. The number of nitrogens with zero attached hydrogens (tertiary/aromatic N) is 4. The van der Waals surface area contributed by atoms with E-state index in [2.05, 4.69) is 119 Å². The second kappa shape index (κ2) is 15.0. The molecule has 0 amide bonds. The van der Waals surface area contributed by atoms with E-state index in [0.29, 0.717) is 27.7 Å². The van der Waals surface area contributed by atoms with Crippen molar-refractivity contribution in [2.24, 2.45) is 0 Å². The zero-order chi connectivity index (χ0) is 34.7. The summed E-state index contributed by atoms with van der Waals surface area (Å²) in [6.07, 6.45) is 4.75. The van der Waals surface area contributed by atoms with Gasteiger partial charge in [-0.1, -0.05) is 93.1 Å². The average Bonchev–Trinajstić information content (AvgIpc) is 3.33. The van der Waals surface area contributed by atoms with Gasteiger partial charge in [-0.25, -0.2) is 9.18 Å². The number of hydrogen-bond acceptors (Lipinski definition) is 4. The van der Waals surface area contributed by atoms with Crippen LogP contribution in [0.25, 0.3) is 11.2 Å². The Labute approximate surface area is 300 Å². The number of nitrogen functional groups attached to an aromatic ring is 1. The number of imidazole rings is 1. The van der Waals surface area contributed by atoms with Crippen LogP contribution in [0.1, 0.15) is 47.9 Å². The smallest absolute Gasteiger partial charge is 0.330 e. The van der Waals surface area contributed by atoms with Crippen LogP contribution in [0.2, 0.25) is 5.15 Å². The molecule has 2 heterocycles. The molecule has 0 unspecified atom stereocenters. The fourth-order valence-corrected chi connectivity index (χ4v) is 11.5. The lowest BCUT2D eigenvalue weighted by atomic mass is 10.2. The first-order valence-corrected chi connectivity index (χ1v) is 19.7. The normalized spacial score (nSPS) is 11.8. The van der Waals surface area contributed by atoms with Crippen LogP contribution in [0, 0.1) is 26.6 Å². The van der Waals surface area contributed by atoms with Crippen LogP contribution in [0.5, 0.6) is 0 Å². The molecule has 252 valence electrons. The average molecular weight is 760 g/mol. The van der Waals surface area contributed by atoms with Crippen molar-refractivity contribution >= 4 is 67.8 Å². The van der Waals surface area contributed by atoms with Crippen LogP contribution in [0.15, 0.2) is 100 Å². The number of aromatic nitrogens is 4. The predicted molar refractivity (Wildman–Crippen MR) is 207 cm³/mol. The van der Waals surface area contributed by atoms with Gasteiger partial charge in [0, 0.05) is 16.6 Å². The highest BCUT2D eigenvalue weighted by Crippen LogP contribution is 2.56. The molecule has 6 rings (SSSR count). The van der Waals surface area contributed by atoms with Crippen LogP contribution in [0.3, 0.4) is 0 Å². The number of anilines is 1. The molecule has 0 saturated heterocycles. The molecule has 10 heteroatoms. The number of rotatable bonds is 12. The van der Waals surface area contributed by atoms with Gasteiger partial charge in [0.25, 0.3) is 0 Å². The maximum absolute atomic E-state index is 14.8. The number of hydrogen-bond donors (Lipinski definition) is 1. The van der Waals surface area contributed by atoms with Crippen molar-refractivity contribution in [3.8, 4) is 0 Å². The van der Waals surface area contributed by atoms with Crippen molar-refractivity contribution < 1.29 is 4.39 Å². The van der Waals surface area contributed by atoms with E-state index in [1.165, 1.54) is 43.2 Å². The van der Waals surface area contributed by atoms with E-state index in [4.69, 9.17) is 17.3 Å². The molecular formula is C39H40BrClFN5OP+. The van der Waals surface area contributed by atoms with Gasteiger partial charge in [0.05, 0.1) is 12.7 Å². The second-order valence-electron chi connectivity index (χ2n) is 12.8. The molecule has 0 fully saturated rings. The van der Waals surface area contributed by atoms with Crippen molar-refractivity contribution in [3.05, 3.63) is 139 Å². The number of halogens is 3. The molecule has 49 heavy (non-hydrogen) atoms. The summed E-state index contributed by atoms with van der Waals surface area (Å²) in [6, 6.07) is 32.1. The molecule has 0 aliphatic rings. The van der Waals surface area contributed by atoms with Crippen molar-refractivity contribution in [1.82, 2.24) is 19.1 Å². The predicted octanol–water partition coefficient (Wildman–Crippen LogP) is 8.26. The first-order chi connectivity index (χ1) is 23.6. The molecule has 0 aliphatic heterocycles. The molecule has 0 bridgehead atoms. The Kier molecular flexibility index (Phi) is 10.7. The number of aryl methyl sites for hydroxylation is 4. The summed E-state index contributed by atoms with van der Waals surface area (Å²) in [6.45, 7) is 6.84. The van der Waals surface area contributed by atoms with Gasteiger partial charge >= 0.3 is 5.69 Å². The van der Waals surface area contributed by atoms with E-state index >= 15 is 0 Å². The second-order valence-corrected chi connectivity index (χ2v) is 17.6. The zero-order valence-corrected chi connectivity index (χ0v) is 31.2. The standard InChI is InChI=1S/C39H40BrClFN5OP/c1-26-8-16-31(17-9-26)49(32-18-10-27(2)11-19-32,33-20-12-28(3)13-21-33)23-7-5-4-6-22-46-35-36(41)44-38(43)45-37(35)47(39(46)48)25-29-14-15-30(40)24-34(29)42/h8-21,24H,4-7,22-23,25H2,1-3H3,(H2,43,44,45)/q+1. The summed E-state index contributed by atoms with van der Waals surface area (Å²) in [4.78, 5) is 22.2. The molecule has 0 aliphatic carbocycles. The molecule has 0 saturated carbocycles. The fourth-order valence-electron chi connectivity index (χ4n) is 6.56. The van der Waals surface area contributed by atoms with Crippen molar-refractivity contribution in [1.29, 1.82) is 0 Å². The summed E-state index contributed by atoms with van der Waals surface area (Å²) in [7, 11) is -1.95. The van der Waals surface area contributed by atoms with E-state index in [9.17, 15) is 9.18 Å². The van der Waals surface area contributed by atoms with Gasteiger partial charge < -0.3 is 5.73 Å². The molecular weight excluding hydrogens is 720 g/mol. The third-order valence-electron chi connectivity index (χ3n) is 9.22. The van der Waals surface area contributed by atoms with Gasteiger partial charge in [0.15, 0.2) is 10.8 Å². The molecule has 0 spiro atoms. The van der Waals surface area contributed by atoms with Crippen molar-refractivity contribution in [2.45, 2.75) is 59.5 Å². The molecule has 0 radical (unpaired) electrons. The molecule has 6 nitrogen and oxygen atoms in total. The summed E-state index contributed by atoms with van der Waals surface area (Å²) in [5.74, 6) is -0.460. The monoisotopic (exact) mass is 758 g/mol. The first-order valence-electron chi connectivity index (χ1n) is 16.5. The van der Waals surface area contributed by atoms with Gasteiger partial charge in [0.2, 0.25) is 5.95 Å². The lowest BCUT2D eigenvalue weighted by Crippen LogP contribution is -2.33. The minimum absolute atomic E-state index is 0.00293. The Hall–Kier alpha value is -3.84. The topological polar surface area (TPSA) is 78.7 Å². The fraction of sp³-hybridized carbons (Fsp3) is 0.256. The Bertz CT molecular complexity index is 2040. The lowest BCUT2D eigenvalue weighted by molar-refractivity contribution is 0.563. The van der Waals surface area contributed by atoms with E-state index in [1.54, 1.807) is 16.7 Å². The molecule has 2 N–H and O–H groups in total. The number of unbranched alkanes of at least 4 members (excludes halogenated alkanes) is 3. The quantitative estimate of drug-likeness (QED) is 0.0775. The van der Waals surface area contributed by atoms with Gasteiger partial charge in [-0.05, 0) is 88.6 Å². The Balaban J connectivity index is 1.24. The minimum atomic E-state index is -1.95. The summed E-state index contributed by atoms with van der Waals surface area (Å²) >= 11 is 9.84. The lowest BCUT2D eigenvalue weighted by Gasteiger charge is -2.28. The maximum Gasteiger partial charge on any atom is 0.330 e. The molecule has 4 aromatic carbocycles. The van der Waals surface area contributed by atoms with Crippen molar-refractivity contribution in [2.75, 3.05) is 11.9 Å². The van der Waals surface area contributed by atoms with Gasteiger partial charge in [-0.15, -0.1) is 0 Å². The SMILES string of the molecule is Cc1ccc([P+](CCCCCCn2c(=O)n(Cc3ccc(Br)cc3F)c3nc(N)nc(Cl)c32)(c2ccc(C)cc2)c2ccc(C)cc2)cc1. The Morgan fingerprint density at radius 1 is 0.755 bits per heavy atom. The van der Waals surface area contributed by atoms with Gasteiger partial charge in [-0.3, -0.25) is 9.13 Å². The van der Waals surface area contributed by atoms with Crippen LogP contribution < -0.4 is 27.3 Å². The van der Waals surface area contributed by atoms with Crippen LogP contribution in [-0.4, -0.2) is 25.3 Å². The first kappa shape index (κ1) is 35.0. The van der Waals surface area contributed by atoms with Crippen LogP contribution in [0.4, 0.5) is 10.3 Å². The van der Waals surface area contributed by atoms with E-state index in [1.807, 2.05) is 0 Å². The number of fused-ring (bicyclic) bond motifs is 1. The Morgan fingerprint density at radius 3 is 1.82 bits per heavy atom. The number of nitrogens with two attached hydrogens (primary N) is 1. The summed E-state index contributed by atoms with van der Waals surface area (Å²) in [5, 5.41) is 4.28. The third kappa shape index (κ3) is 7.38. The zero-order valence-electron chi connectivity index (χ0n) is 28.0. The van der Waals surface area contributed by atoms with Gasteiger partial charge in [-0.2, -0.15) is 9.97 Å². The van der Waals surface area contributed by atoms with E-state index in [0.717, 1.165) is 31.8 Å². The van der Waals surface area contributed by atoms with E-state index in [-0.39, 0.29) is 23.3 Å². The number of benzene rings is 4.